The predicted molar refractivity (Wildman–Crippen MR) is 97.2 cm³/mol. The number of nitrogens with two attached hydrogens (primary N) is 1. The van der Waals surface area contributed by atoms with E-state index >= 15 is 0 Å². The zero-order valence-electron chi connectivity index (χ0n) is 13.6. The third-order valence-corrected chi connectivity index (χ3v) is 6.91. The second-order valence-electron chi connectivity index (χ2n) is 6.14. The number of anilines is 1. The molecule has 24 heavy (non-hydrogen) atoms. The first-order valence-electron chi connectivity index (χ1n) is 7.88. The standard InChI is InChI=1S/C15H23N5O2S2/c1-19-8-6-14(7-9-19)20(10-13-11-23-18-17-13)24(21,22)15-4-2-12(16)3-5-15/h2-5,11,14,17-18H,6-10,16H2,1H3. The Morgan fingerprint density at radius 1 is 1.29 bits per heavy atom. The maximum absolute atomic E-state index is 13.2. The molecule has 0 aromatic heterocycles. The van der Waals surface area contributed by atoms with E-state index in [0.29, 0.717) is 12.2 Å². The van der Waals surface area contributed by atoms with Crippen LogP contribution in [0.5, 0.6) is 0 Å². The summed E-state index contributed by atoms with van der Waals surface area (Å²) in [6.07, 6.45) is 1.66. The van der Waals surface area contributed by atoms with Crippen molar-refractivity contribution in [1.82, 2.24) is 19.5 Å². The van der Waals surface area contributed by atoms with Crippen LogP contribution in [-0.2, 0) is 10.0 Å². The Bertz CT molecular complexity index is 697. The highest BCUT2D eigenvalue weighted by Gasteiger charge is 2.34. The van der Waals surface area contributed by atoms with Gasteiger partial charge in [0, 0.05) is 22.8 Å². The fourth-order valence-electron chi connectivity index (χ4n) is 2.94. The van der Waals surface area contributed by atoms with Gasteiger partial charge in [0.1, 0.15) is 0 Å². The number of hydrogen-bond acceptors (Lipinski definition) is 7. The van der Waals surface area contributed by atoms with E-state index in [1.54, 1.807) is 28.6 Å². The first kappa shape index (κ1) is 17.6. The largest absolute Gasteiger partial charge is 0.399 e. The number of hydrazine groups is 1. The minimum absolute atomic E-state index is 0.00273. The summed E-state index contributed by atoms with van der Waals surface area (Å²) in [5, 5.41) is 1.90. The Balaban J connectivity index is 1.88. The molecule has 2 aliphatic heterocycles. The van der Waals surface area contributed by atoms with Crippen molar-refractivity contribution in [1.29, 1.82) is 0 Å². The molecule has 0 amide bonds. The minimum atomic E-state index is -3.58. The lowest BCUT2D eigenvalue weighted by Gasteiger charge is -2.36. The van der Waals surface area contributed by atoms with Crippen LogP contribution in [0.3, 0.4) is 0 Å². The van der Waals surface area contributed by atoms with Gasteiger partial charge in [-0.25, -0.2) is 8.42 Å². The van der Waals surface area contributed by atoms with Crippen LogP contribution in [0, 0.1) is 0 Å². The minimum Gasteiger partial charge on any atom is -0.399 e. The van der Waals surface area contributed by atoms with Gasteiger partial charge in [-0.05, 0) is 69.2 Å². The maximum Gasteiger partial charge on any atom is 0.243 e. The molecular weight excluding hydrogens is 346 g/mol. The molecule has 2 aliphatic rings. The summed E-state index contributed by atoms with van der Waals surface area (Å²) in [7, 11) is -1.51. The topological polar surface area (TPSA) is 90.7 Å². The maximum atomic E-state index is 13.2. The molecule has 1 aromatic rings. The van der Waals surface area contributed by atoms with Crippen LogP contribution in [0.15, 0.2) is 40.3 Å². The zero-order chi connectivity index (χ0) is 17.2. The van der Waals surface area contributed by atoms with E-state index in [4.69, 9.17) is 5.73 Å². The van der Waals surface area contributed by atoms with Crippen molar-refractivity contribution in [3.63, 3.8) is 0 Å². The predicted octanol–water partition coefficient (Wildman–Crippen LogP) is 0.951. The van der Waals surface area contributed by atoms with Crippen molar-refractivity contribution in [3.8, 4) is 0 Å². The lowest BCUT2D eigenvalue weighted by molar-refractivity contribution is 0.187. The smallest absolute Gasteiger partial charge is 0.243 e. The number of nitrogens with zero attached hydrogens (tertiary/aromatic N) is 2. The third-order valence-electron chi connectivity index (χ3n) is 4.38. The molecule has 1 saturated heterocycles. The molecule has 3 rings (SSSR count). The summed E-state index contributed by atoms with van der Waals surface area (Å²) in [4.78, 5) is 5.43. The Hall–Kier alpha value is -1.26. The molecule has 0 unspecified atom stereocenters. The Morgan fingerprint density at radius 3 is 2.54 bits per heavy atom. The van der Waals surface area contributed by atoms with Gasteiger partial charge in [0.25, 0.3) is 0 Å². The fraction of sp³-hybridized carbons (Fsp3) is 0.467. The molecule has 0 atom stereocenters. The highest BCUT2D eigenvalue weighted by Crippen LogP contribution is 2.26. The molecule has 0 bridgehead atoms. The van der Waals surface area contributed by atoms with Gasteiger partial charge >= 0.3 is 0 Å². The van der Waals surface area contributed by atoms with Crippen LogP contribution in [0.25, 0.3) is 0 Å². The van der Waals surface area contributed by atoms with E-state index in [9.17, 15) is 8.42 Å². The van der Waals surface area contributed by atoms with Crippen molar-refractivity contribution >= 4 is 27.7 Å². The summed E-state index contributed by atoms with van der Waals surface area (Å²) in [5.41, 5.74) is 10.1. The molecule has 1 aromatic carbocycles. The Kier molecular flexibility index (Phi) is 5.36. The third kappa shape index (κ3) is 3.86. The number of nitrogens with one attached hydrogen (secondary N) is 2. The second kappa shape index (κ2) is 7.32. The number of piperidine rings is 1. The molecule has 0 radical (unpaired) electrons. The molecule has 0 aliphatic carbocycles. The van der Waals surface area contributed by atoms with Crippen LogP contribution in [0.1, 0.15) is 12.8 Å². The van der Waals surface area contributed by atoms with Crippen molar-refractivity contribution < 1.29 is 8.42 Å². The second-order valence-corrected chi connectivity index (χ2v) is 8.71. The van der Waals surface area contributed by atoms with Crippen LogP contribution in [0.2, 0.25) is 0 Å². The van der Waals surface area contributed by atoms with Gasteiger partial charge in [-0.3, -0.25) is 0 Å². The van der Waals surface area contributed by atoms with E-state index in [0.717, 1.165) is 31.6 Å². The van der Waals surface area contributed by atoms with Crippen LogP contribution in [0.4, 0.5) is 5.69 Å². The number of likely N-dealkylation sites (tertiary alicyclic amines) is 1. The first-order chi connectivity index (χ1) is 11.5. The van der Waals surface area contributed by atoms with Crippen LogP contribution >= 0.6 is 11.9 Å². The molecule has 1 fully saturated rings. The van der Waals surface area contributed by atoms with Crippen molar-refractivity contribution in [3.05, 3.63) is 35.4 Å². The van der Waals surface area contributed by atoms with E-state index in [-0.39, 0.29) is 10.9 Å². The normalized spacial score (nSPS) is 20.2. The monoisotopic (exact) mass is 369 g/mol. The fourth-order valence-corrected chi connectivity index (χ4v) is 5.13. The van der Waals surface area contributed by atoms with Crippen molar-refractivity contribution in [2.45, 2.75) is 23.8 Å². The number of hydrogen-bond donors (Lipinski definition) is 3. The van der Waals surface area contributed by atoms with Gasteiger partial charge in [0.05, 0.1) is 11.4 Å². The zero-order valence-corrected chi connectivity index (χ0v) is 15.2. The Labute approximate surface area is 147 Å². The summed E-state index contributed by atoms with van der Waals surface area (Å²) in [6, 6.07) is 6.41. The average Bonchev–Trinajstić information content (AvgIpc) is 3.07. The van der Waals surface area contributed by atoms with E-state index in [1.807, 2.05) is 5.41 Å². The quantitative estimate of drug-likeness (QED) is 0.526. The molecule has 0 saturated carbocycles. The number of nitrogen functional groups attached to an aromatic ring is 1. The number of rotatable bonds is 5. The van der Waals surface area contributed by atoms with Crippen LogP contribution < -0.4 is 16.0 Å². The van der Waals surface area contributed by atoms with Crippen molar-refractivity contribution in [2.75, 3.05) is 32.4 Å². The number of benzene rings is 1. The molecule has 2 heterocycles. The highest BCUT2D eigenvalue weighted by atomic mass is 32.2. The lowest BCUT2D eigenvalue weighted by atomic mass is 10.1. The van der Waals surface area contributed by atoms with Crippen molar-refractivity contribution in [2.24, 2.45) is 0 Å². The SMILES string of the molecule is CN1CCC(N(CC2=CSNN2)S(=O)(=O)c2ccc(N)cc2)CC1. The van der Waals surface area contributed by atoms with Gasteiger partial charge in [-0.15, -0.1) is 0 Å². The molecule has 0 spiro atoms. The lowest BCUT2D eigenvalue weighted by Crippen LogP contribution is -2.48. The van der Waals surface area contributed by atoms with Crippen LogP contribution in [-0.4, -0.2) is 50.3 Å². The van der Waals surface area contributed by atoms with E-state index in [2.05, 4.69) is 22.2 Å². The van der Waals surface area contributed by atoms with Gasteiger partial charge in [-0.1, -0.05) is 0 Å². The molecular formula is C15H23N5O2S2. The van der Waals surface area contributed by atoms with E-state index in [1.165, 1.54) is 11.9 Å². The molecule has 7 nitrogen and oxygen atoms in total. The Morgan fingerprint density at radius 2 is 1.96 bits per heavy atom. The van der Waals surface area contributed by atoms with Gasteiger partial charge < -0.3 is 16.1 Å². The molecule has 9 heteroatoms. The summed E-state index contributed by atoms with van der Waals surface area (Å²) in [5.74, 6) is 0. The average molecular weight is 370 g/mol. The van der Waals surface area contributed by atoms with E-state index < -0.39 is 10.0 Å². The van der Waals surface area contributed by atoms with Gasteiger partial charge in [0.15, 0.2) is 0 Å². The molecule has 132 valence electrons. The highest BCUT2D eigenvalue weighted by molar-refractivity contribution is 8.00. The summed E-state index contributed by atoms with van der Waals surface area (Å²) in [6.45, 7) is 2.14. The van der Waals surface area contributed by atoms with Gasteiger partial charge in [-0.2, -0.15) is 9.14 Å². The summed E-state index contributed by atoms with van der Waals surface area (Å²) >= 11 is 1.41. The number of sulfonamides is 1. The molecule has 4 N–H and O–H groups in total. The summed E-state index contributed by atoms with van der Waals surface area (Å²) < 4.78 is 28.0. The van der Waals surface area contributed by atoms with Gasteiger partial charge in [0.2, 0.25) is 10.0 Å². The first-order valence-corrected chi connectivity index (χ1v) is 10.2.